The van der Waals surface area contributed by atoms with E-state index in [1.54, 1.807) is 30.3 Å². The molecular weight excluding hydrogens is 280 g/mol. The Hall–Kier alpha value is -2.75. The first-order chi connectivity index (χ1) is 10.8. The van der Waals surface area contributed by atoms with Gasteiger partial charge >= 0.3 is 0 Å². The van der Waals surface area contributed by atoms with Gasteiger partial charge in [0, 0.05) is 11.1 Å². The second-order valence-corrected chi connectivity index (χ2v) is 4.74. The second kappa shape index (κ2) is 6.35. The molecule has 0 amide bonds. The first-order valence-corrected chi connectivity index (χ1v) is 7.12. The summed E-state index contributed by atoms with van der Waals surface area (Å²) in [5.41, 5.74) is 1.44. The SMILES string of the molecule is CCOc1ccc(C(=O)C=Cc2cccc3c2OCO3)cc1. The lowest BCUT2D eigenvalue weighted by Gasteiger charge is -2.03. The van der Waals surface area contributed by atoms with Gasteiger partial charge in [0.2, 0.25) is 6.79 Å². The third-order valence-corrected chi connectivity index (χ3v) is 3.29. The number of hydrogen-bond acceptors (Lipinski definition) is 4. The Balaban J connectivity index is 1.75. The summed E-state index contributed by atoms with van der Waals surface area (Å²) in [7, 11) is 0. The van der Waals surface area contributed by atoms with Crippen LogP contribution in [-0.2, 0) is 0 Å². The van der Waals surface area contributed by atoms with Crippen molar-refractivity contribution in [2.24, 2.45) is 0 Å². The summed E-state index contributed by atoms with van der Waals surface area (Å²) in [6.07, 6.45) is 3.28. The first kappa shape index (κ1) is 14.2. The predicted molar refractivity (Wildman–Crippen MR) is 83.5 cm³/mol. The van der Waals surface area contributed by atoms with Crippen molar-refractivity contribution in [1.29, 1.82) is 0 Å². The molecule has 4 heteroatoms. The molecule has 112 valence electrons. The highest BCUT2D eigenvalue weighted by Gasteiger charge is 2.15. The van der Waals surface area contributed by atoms with Crippen LogP contribution in [-0.4, -0.2) is 19.2 Å². The molecule has 2 aromatic rings. The predicted octanol–water partition coefficient (Wildman–Crippen LogP) is 3.71. The number of allylic oxidation sites excluding steroid dienone is 1. The molecule has 0 N–H and O–H groups in total. The Kier molecular flexibility index (Phi) is 4.10. The molecule has 0 aromatic heterocycles. The van der Waals surface area contributed by atoms with Crippen LogP contribution in [0.1, 0.15) is 22.8 Å². The summed E-state index contributed by atoms with van der Waals surface area (Å²) >= 11 is 0. The van der Waals surface area contributed by atoms with Gasteiger partial charge in [0.15, 0.2) is 17.3 Å². The standard InChI is InChI=1S/C18H16O4/c1-2-20-15-9-6-13(7-10-15)16(19)11-8-14-4-3-5-17-18(14)22-12-21-17/h3-11H,2,12H2,1H3. The van der Waals surface area contributed by atoms with Gasteiger partial charge in [0.1, 0.15) is 5.75 Å². The Morgan fingerprint density at radius 2 is 2.00 bits per heavy atom. The molecule has 0 saturated heterocycles. The van der Waals surface area contributed by atoms with E-state index < -0.39 is 0 Å². The average molecular weight is 296 g/mol. The van der Waals surface area contributed by atoms with E-state index in [9.17, 15) is 4.79 Å². The lowest BCUT2D eigenvalue weighted by atomic mass is 10.1. The van der Waals surface area contributed by atoms with Crippen molar-refractivity contribution in [3.05, 3.63) is 59.7 Å². The lowest BCUT2D eigenvalue weighted by Crippen LogP contribution is -1.96. The Bertz CT molecular complexity index is 702. The van der Waals surface area contributed by atoms with Crippen molar-refractivity contribution < 1.29 is 19.0 Å². The van der Waals surface area contributed by atoms with E-state index in [0.29, 0.717) is 23.7 Å². The van der Waals surface area contributed by atoms with E-state index in [0.717, 1.165) is 11.3 Å². The van der Waals surface area contributed by atoms with Gasteiger partial charge in [-0.1, -0.05) is 12.1 Å². The van der Waals surface area contributed by atoms with E-state index in [2.05, 4.69) is 0 Å². The number of para-hydroxylation sites is 1. The summed E-state index contributed by atoms with van der Waals surface area (Å²) in [4.78, 5) is 12.2. The average Bonchev–Trinajstić information content (AvgIpc) is 3.03. The number of fused-ring (bicyclic) bond motifs is 1. The van der Waals surface area contributed by atoms with E-state index in [1.807, 2.05) is 25.1 Å². The molecule has 1 heterocycles. The third-order valence-electron chi connectivity index (χ3n) is 3.29. The largest absolute Gasteiger partial charge is 0.494 e. The number of rotatable bonds is 5. The molecular formula is C18H16O4. The van der Waals surface area contributed by atoms with Gasteiger partial charge in [-0.25, -0.2) is 0 Å². The van der Waals surface area contributed by atoms with Gasteiger partial charge < -0.3 is 14.2 Å². The van der Waals surface area contributed by atoms with Crippen LogP contribution in [0.2, 0.25) is 0 Å². The molecule has 2 aromatic carbocycles. The zero-order chi connectivity index (χ0) is 15.4. The van der Waals surface area contributed by atoms with Crippen molar-refractivity contribution in [1.82, 2.24) is 0 Å². The van der Waals surface area contributed by atoms with Gasteiger partial charge in [-0.2, -0.15) is 0 Å². The highest BCUT2D eigenvalue weighted by Crippen LogP contribution is 2.35. The molecule has 0 atom stereocenters. The van der Waals surface area contributed by atoms with E-state index in [4.69, 9.17) is 14.2 Å². The Labute approximate surface area is 128 Å². The van der Waals surface area contributed by atoms with Crippen molar-refractivity contribution >= 4 is 11.9 Å². The van der Waals surface area contributed by atoms with E-state index >= 15 is 0 Å². The van der Waals surface area contributed by atoms with Crippen LogP contribution >= 0.6 is 0 Å². The molecule has 1 aliphatic rings. The summed E-state index contributed by atoms with van der Waals surface area (Å²) in [5.74, 6) is 2.07. The van der Waals surface area contributed by atoms with Crippen LogP contribution in [0.4, 0.5) is 0 Å². The van der Waals surface area contributed by atoms with Crippen LogP contribution in [0.3, 0.4) is 0 Å². The van der Waals surface area contributed by atoms with Gasteiger partial charge in [-0.15, -0.1) is 0 Å². The highest BCUT2D eigenvalue weighted by atomic mass is 16.7. The minimum Gasteiger partial charge on any atom is -0.494 e. The lowest BCUT2D eigenvalue weighted by molar-refractivity contribution is 0.104. The van der Waals surface area contributed by atoms with Crippen molar-refractivity contribution in [3.63, 3.8) is 0 Å². The fourth-order valence-electron chi connectivity index (χ4n) is 2.23. The number of hydrogen-bond donors (Lipinski definition) is 0. The van der Waals surface area contributed by atoms with Crippen molar-refractivity contribution in [2.45, 2.75) is 6.92 Å². The fraction of sp³-hybridized carbons (Fsp3) is 0.167. The topological polar surface area (TPSA) is 44.8 Å². The van der Waals surface area contributed by atoms with Gasteiger partial charge in [-0.3, -0.25) is 4.79 Å². The normalized spacial score (nSPS) is 12.6. The molecule has 0 spiro atoms. The fourth-order valence-corrected chi connectivity index (χ4v) is 2.23. The summed E-state index contributed by atoms with van der Waals surface area (Å²) in [6, 6.07) is 12.7. The minimum atomic E-state index is -0.0698. The first-order valence-electron chi connectivity index (χ1n) is 7.12. The number of ketones is 1. The van der Waals surface area contributed by atoms with Gasteiger partial charge in [0.25, 0.3) is 0 Å². The number of carbonyl (C=O) groups excluding carboxylic acids is 1. The van der Waals surface area contributed by atoms with Gasteiger partial charge in [-0.05, 0) is 49.4 Å². The zero-order valence-corrected chi connectivity index (χ0v) is 12.2. The zero-order valence-electron chi connectivity index (χ0n) is 12.2. The maximum Gasteiger partial charge on any atom is 0.231 e. The van der Waals surface area contributed by atoms with E-state index in [1.165, 1.54) is 6.08 Å². The minimum absolute atomic E-state index is 0.0698. The quantitative estimate of drug-likeness (QED) is 0.623. The molecule has 0 saturated carbocycles. The maximum atomic E-state index is 12.2. The number of carbonyl (C=O) groups is 1. The smallest absolute Gasteiger partial charge is 0.231 e. The van der Waals surface area contributed by atoms with Crippen molar-refractivity contribution in [2.75, 3.05) is 13.4 Å². The monoisotopic (exact) mass is 296 g/mol. The summed E-state index contributed by atoms with van der Waals surface area (Å²) < 4.78 is 16.1. The van der Waals surface area contributed by atoms with Crippen LogP contribution in [0.25, 0.3) is 6.08 Å². The van der Waals surface area contributed by atoms with E-state index in [-0.39, 0.29) is 12.6 Å². The molecule has 1 aliphatic heterocycles. The molecule has 0 radical (unpaired) electrons. The molecule has 0 bridgehead atoms. The van der Waals surface area contributed by atoms with Crippen LogP contribution in [0.5, 0.6) is 17.2 Å². The molecule has 0 fully saturated rings. The Morgan fingerprint density at radius 3 is 2.77 bits per heavy atom. The van der Waals surface area contributed by atoms with Gasteiger partial charge in [0.05, 0.1) is 6.61 Å². The molecule has 4 nitrogen and oxygen atoms in total. The molecule has 22 heavy (non-hydrogen) atoms. The molecule has 0 aliphatic carbocycles. The molecule has 0 unspecified atom stereocenters. The van der Waals surface area contributed by atoms with Crippen LogP contribution in [0, 0.1) is 0 Å². The van der Waals surface area contributed by atoms with Crippen molar-refractivity contribution in [3.8, 4) is 17.2 Å². The van der Waals surface area contributed by atoms with Crippen LogP contribution < -0.4 is 14.2 Å². The highest BCUT2D eigenvalue weighted by molar-refractivity contribution is 6.07. The number of benzene rings is 2. The summed E-state index contributed by atoms with van der Waals surface area (Å²) in [6.45, 7) is 2.74. The Morgan fingerprint density at radius 1 is 1.18 bits per heavy atom. The molecule has 3 rings (SSSR count). The third kappa shape index (κ3) is 2.96. The summed E-state index contributed by atoms with van der Waals surface area (Å²) in [5, 5.41) is 0. The maximum absolute atomic E-state index is 12.2. The van der Waals surface area contributed by atoms with Crippen LogP contribution in [0.15, 0.2) is 48.5 Å². The second-order valence-electron chi connectivity index (χ2n) is 4.74. The number of ether oxygens (including phenoxy) is 3.